The molecule has 0 N–H and O–H groups in total. The first-order chi connectivity index (χ1) is 7.02. The largest absolute Gasteiger partial charge is 0.345 e. The van der Waals surface area contributed by atoms with Gasteiger partial charge in [-0.2, -0.15) is 8.42 Å². The first-order valence-corrected chi connectivity index (χ1v) is 7.00. The molecule has 15 heavy (non-hydrogen) atoms. The molecule has 2 aliphatic rings. The van der Waals surface area contributed by atoms with Gasteiger partial charge in [-0.25, -0.2) is 0 Å². The van der Waals surface area contributed by atoms with Crippen LogP contribution in [0.25, 0.3) is 0 Å². The average molecular weight is 236 g/mol. The standard InChI is InChI=1S/C9H16O5S/c1-15(10,11)14-8-4-2-3-5-9(8)12-6-7-13-9/h8H,2-7H2,1H3. The van der Waals surface area contributed by atoms with Gasteiger partial charge in [0, 0.05) is 6.42 Å². The van der Waals surface area contributed by atoms with Crippen molar-refractivity contribution in [2.24, 2.45) is 0 Å². The summed E-state index contributed by atoms with van der Waals surface area (Å²) in [4.78, 5) is 0. The fraction of sp³-hybridized carbons (Fsp3) is 1.00. The molecule has 1 unspecified atom stereocenters. The third kappa shape index (κ3) is 2.50. The minimum absolute atomic E-state index is 0.483. The van der Waals surface area contributed by atoms with Gasteiger partial charge in [-0.15, -0.1) is 0 Å². The van der Waals surface area contributed by atoms with E-state index in [1.807, 2.05) is 0 Å². The normalized spacial score (nSPS) is 30.9. The molecule has 1 saturated carbocycles. The van der Waals surface area contributed by atoms with Crippen molar-refractivity contribution in [2.45, 2.75) is 37.6 Å². The summed E-state index contributed by atoms with van der Waals surface area (Å²) in [5.41, 5.74) is 0. The molecule has 0 bridgehead atoms. The van der Waals surface area contributed by atoms with E-state index in [1.165, 1.54) is 0 Å². The Morgan fingerprint density at radius 2 is 1.93 bits per heavy atom. The maximum atomic E-state index is 11.1. The predicted octanol–water partition coefficient (Wildman–Crippen LogP) is 0.648. The molecule has 0 aromatic heterocycles. The Morgan fingerprint density at radius 3 is 2.53 bits per heavy atom. The first kappa shape index (κ1) is 11.3. The van der Waals surface area contributed by atoms with Gasteiger partial charge in [0.2, 0.25) is 0 Å². The molecule has 2 rings (SSSR count). The van der Waals surface area contributed by atoms with Gasteiger partial charge >= 0.3 is 0 Å². The molecule has 1 saturated heterocycles. The summed E-state index contributed by atoms with van der Waals surface area (Å²) in [5, 5.41) is 0. The third-order valence-electron chi connectivity index (χ3n) is 2.80. The van der Waals surface area contributed by atoms with Gasteiger partial charge in [0.15, 0.2) is 5.79 Å². The van der Waals surface area contributed by atoms with Crippen LogP contribution < -0.4 is 0 Å². The molecule has 0 radical (unpaired) electrons. The van der Waals surface area contributed by atoms with E-state index >= 15 is 0 Å². The Balaban J connectivity index is 2.12. The molecule has 1 heterocycles. The van der Waals surface area contributed by atoms with E-state index in [-0.39, 0.29) is 0 Å². The van der Waals surface area contributed by atoms with Gasteiger partial charge in [0.25, 0.3) is 10.1 Å². The smallest absolute Gasteiger partial charge is 0.264 e. The van der Waals surface area contributed by atoms with Crippen molar-refractivity contribution in [3.63, 3.8) is 0 Å². The molecule has 0 aromatic rings. The SMILES string of the molecule is CS(=O)(=O)OC1CCCCC12OCCO2. The summed E-state index contributed by atoms with van der Waals surface area (Å²) in [6.45, 7) is 1.03. The van der Waals surface area contributed by atoms with Crippen molar-refractivity contribution < 1.29 is 22.1 Å². The van der Waals surface area contributed by atoms with Gasteiger partial charge in [-0.05, 0) is 12.8 Å². The second-order valence-electron chi connectivity index (χ2n) is 4.04. The van der Waals surface area contributed by atoms with E-state index in [2.05, 4.69) is 0 Å². The van der Waals surface area contributed by atoms with E-state index < -0.39 is 22.0 Å². The van der Waals surface area contributed by atoms with Gasteiger partial charge in [0.1, 0.15) is 6.10 Å². The van der Waals surface area contributed by atoms with Crippen LogP contribution in [0.1, 0.15) is 25.7 Å². The lowest BCUT2D eigenvalue weighted by Crippen LogP contribution is -2.48. The quantitative estimate of drug-likeness (QED) is 0.659. The fourth-order valence-electron chi connectivity index (χ4n) is 2.22. The lowest BCUT2D eigenvalue weighted by molar-refractivity contribution is -0.227. The first-order valence-electron chi connectivity index (χ1n) is 5.18. The molecule has 1 atom stereocenters. The van der Waals surface area contributed by atoms with Crippen molar-refractivity contribution in [3.8, 4) is 0 Å². The molecule has 6 heteroatoms. The van der Waals surface area contributed by atoms with Crippen molar-refractivity contribution >= 4 is 10.1 Å². The van der Waals surface area contributed by atoms with E-state index in [0.29, 0.717) is 26.1 Å². The Morgan fingerprint density at radius 1 is 1.27 bits per heavy atom. The highest BCUT2D eigenvalue weighted by molar-refractivity contribution is 7.86. The molecule has 0 aromatic carbocycles. The number of rotatable bonds is 2. The minimum atomic E-state index is -3.45. The lowest BCUT2D eigenvalue weighted by Gasteiger charge is -2.37. The van der Waals surface area contributed by atoms with Crippen LogP contribution in [0.2, 0.25) is 0 Å². The topological polar surface area (TPSA) is 61.8 Å². The monoisotopic (exact) mass is 236 g/mol. The highest BCUT2D eigenvalue weighted by Crippen LogP contribution is 2.38. The highest BCUT2D eigenvalue weighted by atomic mass is 32.2. The minimum Gasteiger partial charge on any atom is -0.345 e. The summed E-state index contributed by atoms with van der Waals surface area (Å²) >= 11 is 0. The van der Waals surface area contributed by atoms with Crippen LogP contribution >= 0.6 is 0 Å². The molecule has 1 aliphatic heterocycles. The zero-order chi connectivity index (χ0) is 10.9. The van der Waals surface area contributed by atoms with Crippen LogP contribution in [0.15, 0.2) is 0 Å². The van der Waals surface area contributed by atoms with Crippen LogP contribution in [-0.4, -0.2) is 39.8 Å². The molecule has 2 fully saturated rings. The van der Waals surface area contributed by atoms with Crippen LogP contribution in [0.3, 0.4) is 0 Å². The summed E-state index contributed by atoms with van der Waals surface area (Å²) in [7, 11) is -3.45. The Labute approximate surface area is 89.8 Å². The van der Waals surface area contributed by atoms with Crippen LogP contribution in [0, 0.1) is 0 Å². The van der Waals surface area contributed by atoms with Crippen molar-refractivity contribution in [1.82, 2.24) is 0 Å². The molecular weight excluding hydrogens is 220 g/mol. The van der Waals surface area contributed by atoms with Crippen LogP contribution in [0.4, 0.5) is 0 Å². The predicted molar refractivity (Wildman–Crippen MR) is 52.8 cm³/mol. The second-order valence-corrected chi connectivity index (χ2v) is 5.64. The molecule has 88 valence electrons. The summed E-state index contributed by atoms with van der Waals surface area (Å²) < 4.78 is 38.3. The van der Waals surface area contributed by atoms with Crippen molar-refractivity contribution in [1.29, 1.82) is 0 Å². The Hall–Kier alpha value is -0.170. The van der Waals surface area contributed by atoms with E-state index in [4.69, 9.17) is 13.7 Å². The number of ether oxygens (including phenoxy) is 2. The van der Waals surface area contributed by atoms with E-state index in [0.717, 1.165) is 19.1 Å². The maximum Gasteiger partial charge on any atom is 0.264 e. The van der Waals surface area contributed by atoms with Gasteiger partial charge in [-0.3, -0.25) is 4.18 Å². The summed E-state index contributed by atoms with van der Waals surface area (Å²) in [6.07, 6.45) is 3.91. The maximum absolute atomic E-state index is 11.1. The second kappa shape index (κ2) is 4.01. The van der Waals surface area contributed by atoms with Crippen LogP contribution in [-0.2, 0) is 23.8 Å². The highest BCUT2D eigenvalue weighted by Gasteiger charge is 2.48. The Kier molecular flexibility index (Phi) is 3.03. The number of hydrogen-bond donors (Lipinski definition) is 0. The van der Waals surface area contributed by atoms with E-state index in [9.17, 15) is 8.42 Å². The molecule has 1 aliphatic carbocycles. The number of hydrogen-bond acceptors (Lipinski definition) is 5. The van der Waals surface area contributed by atoms with Gasteiger partial charge in [0.05, 0.1) is 19.5 Å². The Bertz CT molecular complexity index is 317. The van der Waals surface area contributed by atoms with Gasteiger partial charge < -0.3 is 9.47 Å². The van der Waals surface area contributed by atoms with Crippen molar-refractivity contribution in [3.05, 3.63) is 0 Å². The zero-order valence-corrected chi connectivity index (χ0v) is 9.59. The third-order valence-corrected chi connectivity index (χ3v) is 3.38. The average Bonchev–Trinajstić information content (AvgIpc) is 2.57. The zero-order valence-electron chi connectivity index (χ0n) is 8.77. The van der Waals surface area contributed by atoms with Gasteiger partial charge in [-0.1, -0.05) is 6.42 Å². The molecule has 1 spiro atoms. The summed E-state index contributed by atoms with van der Waals surface area (Å²) in [6, 6.07) is 0. The fourth-order valence-corrected chi connectivity index (χ4v) is 2.88. The molecule has 0 amide bonds. The van der Waals surface area contributed by atoms with Crippen molar-refractivity contribution in [2.75, 3.05) is 19.5 Å². The molecular formula is C9H16O5S. The summed E-state index contributed by atoms with van der Waals surface area (Å²) in [5.74, 6) is -0.804. The van der Waals surface area contributed by atoms with E-state index in [1.54, 1.807) is 0 Å². The lowest BCUT2D eigenvalue weighted by atomic mass is 9.91. The van der Waals surface area contributed by atoms with Crippen LogP contribution in [0.5, 0.6) is 0 Å². The molecule has 5 nitrogen and oxygen atoms in total.